The molecule has 3 aromatic carbocycles. The third-order valence-corrected chi connectivity index (χ3v) is 6.20. The van der Waals surface area contributed by atoms with E-state index in [9.17, 15) is 18.0 Å². The number of hydrogen-bond donors (Lipinski definition) is 0. The topological polar surface area (TPSA) is 62.6 Å². The normalized spacial score (nSPS) is 12.5. The van der Waals surface area contributed by atoms with E-state index < -0.39 is 11.7 Å². The van der Waals surface area contributed by atoms with Crippen molar-refractivity contribution in [1.82, 2.24) is 9.55 Å². The maximum Gasteiger partial charge on any atom is 0.416 e. The highest BCUT2D eigenvalue weighted by Gasteiger charge is 2.30. The van der Waals surface area contributed by atoms with Crippen molar-refractivity contribution in [3.05, 3.63) is 99.5 Å². The van der Waals surface area contributed by atoms with Gasteiger partial charge in [0.1, 0.15) is 23.9 Å². The average Bonchev–Trinajstić information content (AvgIpc) is 2.88. The quantitative estimate of drug-likeness (QED) is 0.312. The standard InChI is InChI=1S/C28H23F3N2O4/c1-17-12-18(6-9-25(17)37-22-5-3-4-20(14-22)28(29,30)31)16-36-26-15-24-23-8-7-21(35-2)13-19(23)10-11-33(24)27(34)32-26/h3-9,12-15H,10-11,16H2,1-2H3. The number of fused-ring (bicyclic) bond motifs is 3. The van der Waals surface area contributed by atoms with Gasteiger partial charge in [0.05, 0.1) is 18.4 Å². The predicted molar refractivity (Wildman–Crippen MR) is 131 cm³/mol. The largest absolute Gasteiger partial charge is 0.497 e. The molecule has 6 nitrogen and oxygen atoms in total. The van der Waals surface area contributed by atoms with E-state index in [0.29, 0.717) is 18.7 Å². The molecule has 2 heterocycles. The highest BCUT2D eigenvalue weighted by molar-refractivity contribution is 5.67. The van der Waals surface area contributed by atoms with Crippen molar-refractivity contribution in [3.63, 3.8) is 0 Å². The number of benzene rings is 3. The van der Waals surface area contributed by atoms with Gasteiger partial charge in [-0.1, -0.05) is 12.1 Å². The molecule has 37 heavy (non-hydrogen) atoms. The van der Waals surface area contributed by atoms with Crippen LogP contribution in [0.5, 0.6) is 23.1 Å². The molecule has 1 aliphatic rings. The summed E-state index contributed by atoms with van der Waals surface area (Å²) in [5, 5.41) is 0. The van der Waals surface area contributed by atoms with Gasteiger partial charge in [-0.2, -0.15) is 18.2 Å². The molecule has 0 fully saturated rings. The lowest BCUT2D eigenvalue weighted by atomic mass is 9.97. The van der Waals surface area contributed by atoms with Gasteiger partial charge in [-0.3, -0.25) is 4.57 Å². The van der Waals surface area contributed by atoms with Crippen molar-refractivity contribution < 1.29 is 27.4 Å². The molecule has 0 aliphatic carbocycles. The second kappa shape index (κ2) is 9.65. The van der Waals surface area contributed by atoms with E-state index in [-0.39, 0.29) is 23.9 Å². The first kappa shape index (κ1) is 24.4. The molecule has 0 saturated heterocycles. The van der Waals surface area contributed by atoms with E-state index in [4.69, 9.17) is 14.2 Å². The van der Waals surface area contributed by atoms with Gasteiger partial charge in [-0.05, 0) is 78.6 Å². The van der Waals surface area contributed by atoms with Gasteiger partial charge in [-0.25, -0.2) is 4.79 Å². The van der Waals surface area contributed by atoms with Crippen LogP contribution in [-0.2, 0) is 25.7 Å². The first-order valence-corrected chi connectivity index (χ1v) is 11.6. The van der Waals surface area contributed by atoms with Gasteiger partial charge in [0.25, 0.3) is 0 Å². The average molecular weight is 508 g/mol. The monoisotopic (exact) mass is 508 g/mol. The minimum absolute atomic E-state index is 0.0959. The number of hydrogen-bond acceptors (Lipinski definition) is 5. The number of methoxy groups -OCH3 is 1. The second-order valence-corrected chi connectivity index (χ2v) is 8.70. The molecule has 0 radical (unpaired) electrons. The Kier molecular flexibility index (Phi) is 6.37. The number of rotatable bonds is 6. The number of halogens is 3. The summed E-state index contributed by atoms with van der Waals surface area (Å²) in [6.45, 7) is 2.46. The molecule has 190 valence electrons. The molecule has 0 N–H and O–H groups in total. The van der Waals surface area contributed by atoms with Crippen LogP contribution in [0, 0.1) is 6.92 Å². The molecule has 9 heteroatoms. The second-order valence-electron chi connectivity index (χ2n) is 8.70. The van der Waals surface area contributed by atoms with E-state index in [0.717, 1.165) is 45.8 Å². The van der Waals surface area contributed by atoms with Crippen molar-refractivity contribution >= 4 is 0 Å². The zero-order chi connectivity index (χ0) is 26.2. The Labute approximate surface area is 210 Å². The summed E-state index contributed by atoms with van der Waals surface area (Å²) >= 11 is 0. The lowest BCUT2D eigenvalue weighted by molar-refractivity contribution is -0.137. The van der Waals surface area contributed by atoms with Crippen LogP contribution in [-0.4, -0.2) is 16.7 Å². The van der Waals surface area contributed by atoms with Crippen molar-refractivity contribution in [2.45, 2.75) is 32.7 Å². The Morgan fingerprint density at radius 2 is 1.84 bits per heavy atom. The fourth-order valence-corrected chi connectivity index (χ4v) is 4.32. The zero-order valence-electron chi connectivity index (χ0n) is 20.1. The maximum absolute atomic E-state index is 13.0. The summed E-state index contributed by atoms with van der Waals surface area (Å²) in [6, 6.07) is 17.5. The molecule has 0 saturated carbocycles. The smallest absolute Gasteiger partial charge is 0.416 e. The van der Waals surface area contributed by atoms with Crippen molar-refractivity contribution in [2.24, 2.45) is 0 Å². The first-order chi connectivity index (χ1) is 17.7. The van der Waals surface area contributed by atoms with Gasteiger partial charge < -0.3 is 14.2 Å². The SMILES string of the molecule is COc1ccc2c(c1)CCn1c-2cc(OCc2ccc(Oc3cccc(C(F)(F)F)c3)c(C)c2)nc1=O. The highest BCUT2D eigenvalue weighted by Crippen LogP contribution is 2.34. The van der Waals surface area contributed by atoms with Crippen LogP contribution in [0.1, 0.15) is 22.3 Å². The number of aryl methyl sites for hydroxylation is 2. The molecule has 1 aromatic heterocycles. The number of aromatic nitrogens is 2. The number of alkyl halides is 3. The molecule has 5 rings (SSSR count). The summed E-state index contributed by atoms with van der Waals surface area (Å²) in [5.74, 6) is 1.50. The summed E-state index contributed by atoms with van der Waals surface area (Å²) in [7, 11) is 1.62. The highest BCUT2D eigenvalue weighted by atomic mass is 19.4. The van der Waals surface area contributed by atoms with E-state index in [1.54, 1.807) is 36.8 Å². The van der Waals surface area contributed by atoms with E-state index in [2.05, 4.69) is 4.98 Å². The molecular weight excluding hydrogens is 485 g/mol. The lowest BCUT2D eigenvalue weighted by Gasteiger charge is -2.22. The van der Waals surface area contributed by atoms with E-state index in [1.165, 1.54) is 12.1 Å². The van der Waals surface area contributed by atoms with Crippen LogP contribution in [0.15, 0.2) is 71.5 Å². The Bertz CT molecular complexity index is 1530. The zero-order valence-corrected chi connectivity index (χ0v) is 20.1. The molecule has 1 aliphatic heterocycles. The summed E-state index contributed by atoms with van der Waals surface area (Å²) in [4.78, 5) is 16.7. The minimum Gasteiger partial charge on any atom is -0.497 e. The fraction of sp³-hybridized carbons (Fsp3) is 0.214. The van der Waals surface area contributed by atoms with Crippen LogP contribution in [0.3, 0.4) is 0 Å². The first-order valence-electron chi connectivity index (χ1n) is 11.6. The van der Waals surface area contributed by atoms with Crippen LogP contribution < -0.4 is 19.9 Å². The summed E-state index contributed by atoms with van der Waals surface area (Å²) < 4.78 is 57.4. The third kappa shape index (κ3) is 5.16. The van der Waals surface area contributed by atoms with Crippen LogP contribution in [0.25, 0.3) is 11.3 Å². The molecule has 0 bridgehead atoms. The lowest BCUT2D eigenvalue weighted by Crippen LogP contribution is -2.28. The Balaban J connectivity index is 1.32. The van der Waals surface area contributed by atoms with Gasteiger partial charge in [0.2, 0.25) is 5.88 Å². The third-order valence-electron chi connectivity index (χ3n) is 6.20. The van der Waals surface area contributed by atoms with Crippen LogP contribution in [0.4, 0.5) is 13.2 Å². The van der Waals surface area contributed by atoms with E-state index >= 15 is 0 Å². The van der Waals surface area contributed by atoms with Crippen molar-refractivity contribution in [1.29, 1.82) is 0 Å². The van der Waals surface area contributed by atoms with Crippen LogP contribution >= 0.6 is 0 Å². The van der Waals surface area contributed by atoms with Gasteiger partial charge >= 0.3 is 11.9 Å². The van der Waals surface area contributed by atoms with Gasteiger partial charge in [-0.15, -0.1) is 0 Å². The van der Waals surface area contributed by atoms with Crippen molar-refractivity contribution in [2.75, 3.05) is 7.11 Å². The van der Waals surface area contributed by atoms with Crippen molar-refractivity contribution in [3.8, 4) is 34.4 Å². The van der Waals surface area contributed by atoms with Crippen LogP contribution in [0.2, 0.25) is 0 Å². The molecule has 0 spiro atoms. The minimum atomic E-state index is -4.45. The molecule has 4 aromatic rings. The molecule has 0 atom stereocenters. The predicted octanol–water partition coefficient (Wildman–Crippen LogP) is 6.17. The number of nitrogens with zero attached hydrogens (tertiary/aromatic N) is 2. The summed E-state index contributed by atoms with van der Waals surface area (Å²) in [5.41, 5.74) is 3.11. The van der Waals surface area contributed by atoms with Gasteiger partial charge in [0, 0.05) is 18.2 Å². The Hall–Kier alpha value is -4.27. The maximum atomic E-state index is 13.0. The molecular formula is C28H23F3N2O4. The Morgan fingerprint density at radius 1 is 1.00 bits per heavy atom. The van der Waals surface area contributed by atoms with E-state index in [1.807, 2.05) is 24.3 Å². The Morgan fingerprint density at radius 3 is 2.59 bits per heavy atom. The molecule has 0 unspecified atom stereocenters. The van der Waals surface area contributed by atoms with Gasteiger partial charge in [0.15, 0.2) is 0 Å². The fourth-order valence-electron chi connectivity index (χ4n) is 4.32. The molecule has 0 amide bonds. The number of ether oxygens (including phenoxy) is 3. The summed E-state index contributed by atoms with van der Waals surface area (Å²) in [6.07, 6.45) is -3.74.